The summed E-state index contributed by atoms with van der Waals surface area (Å²) in [5, 5.41) is 13.2. The van der Waals surface area contributed by atoms with Crippen LogP contribution in [-0.4, -0.2) is 41.9 Å². The third-order valence-electron chi connectivity index (χ3n) is 9.71. The van der Waals surface area contributed by atoms with Crippen molar-refractivity contribution in [2.24, 2.45) is 0 Å². The van der Waals surface area contributed by atoms with Gasteiger partial charge in [0.2, 0.25) is 5.91 Å². The molecule has 7 heteroatoms. The van der Waals surface area contributed by atoms with Crippen molar-refractivity contribution in [1.29, 1.82) is 0 Å². The number of carbonyl (C=O) groups excluding carboxylic acids is 1. The van der Waals surface area contributed by atoms with Crippen molar-refractivity contribution in [2.45, 2.75) is 238 Å². The van der Waals surface area contributed by atoms with Gasteiger partial charge in [-0.05, 0) is 19.3 Å². The van der Waals surface area contributed by atoms with Crippen molar-refractivity contribution in [3.63, 3.8) is 0 Å². The van der Waals surface area contributed by atoms with E-state index in [1.807, 2.05) is 6.08 Å². The molecule has 0 aromatic carbocycles. The lowest BCUT2D eigenvalue weighted by Crippen LogP contribution is -2.46. The molecule has 2 unspecified atom stereocenters. The first kappa shape index (κ1) is 47.1. The Bertz CT molecular complexity index is 816. The van der Waals surface area contributed by atoms with Crippen LogP contribution < -0.4 is 5.32 Å². The van der Waals surface area contributed by atoms with Gasteiger partial charge in [-0.25, -0.2) is 0 Å². The fourth-order valence-corrected chi connectivity index (χ4v) is 7.30. The van der Waals surface area contributed by atoms with Crippen LogP contribution in [0.25, 0.3) is 0 Å². The van der Waals surface area contributed by atoms with Crippen LogP contribution in [0.4, 0.5) is 0 Å². The second kappa shape index (κ2) is 35.9. The van der Waals surface area contributed by atoms with Gasteiger partial charge in [-0.3, -0.25) is 9.35 Å². The molecule has 48 heavy (non-hydrogen) atoms. The highest BCUT2D eigenvalue weighted by Gasteiger charge is 2.24. The number of nitrogens with one attached hydrogen (secondary N) is 1. The van der Waals surface area contributed by atoms with Gasteiger partial charge >= 0.3 is 0 Å². The summed E-state index contributed by atoms with van der Waals surface area (Å²) in [6.45, 7) is 4.53. The minimum Gasteiger partial charge on any atom is -0.387 e. The first-order valence-corrected chi connectivity index (χ1v) is 22.5. The normalized spacial score (nSPS) is 13.3. The van der Waals surface area contributed by atoms with Gasteiger partial charge < -0.3 is 10.4 Å². The molecule has 0 aliphatic heterocycles. The van der Waals surface area contributed by atoms with Gasteiger partial charge in [-0.15, -0.1) is 0 Å². The van der Waals surface area contributed by atoms with Gasteiger partial charge in [-0.2, -0.15) is 8.42 Å². The molecule has 0 radical (unpaired) electrons. The van der Waals surface area contributed by atoms with Crippen LogP contribution in [0.1, 0.15) is 226 Å². The second-order valence-electron chi connectivity index (χ2n) is 14.6. The molecular weight excluding hydrogens is 619 g/mol. The molecule has 0 saturated carbocycles. The summed E-state index contributed by atoms with van der Waals surface area (Å²) in [5.74, 6) is -0.966. The van der Waals surface area contributed by atoms with Crippen LogP contribution in [-0.2, 0) is 14.9 Å². The number of unbranched alkanes of at least 4 members (excludes halogenated alkanes) is 30. The maximum absolute atomic E-state index is 12.5. The molecule has 0 aromatic rings. The molecule has 0 rings (SSSR count). The topological polar surface area (TPSA) is 104 Å². The van der Waals surface area contributed by atoms with Gasteiger partial charge in [0.25, 0.3) is 10.1 Å². The molecule has 3 N–H and O–H groups in total. The molecular formula is C41H81NO5S. The number of aliphatic hydroxyl groups excluding tert-OH is 1. The number of hydrogen-bond acceptors (Lipinski definition) is 4. The van der Waals surface area contributed by atoms with Gasteiger partial charge in [0, 0.05) is 6.42 Å². The molecule has 0 aromatic heterocycles. The van der Waals surface area contributed by atoms with E-state index in [9.17, 15) is 22.9 Å². The van der Waals surface area contributed by atoms with Crippen LogP contribution in [0, 0.1) is 0 Å². The summed E-state index contributed by atoms with van der Waals surface area (Å²) in [6, 6.07) is -1.05. The maximum atomic E-state index is 12.5. The summed E-state index contributed by atoms with van der Waals surface area (Å²) < 4.78 is 32.5. The highest BCUT2D eigenvalue weighted by Crippen LogP contribution is 2.16. The summed E-state index contributed by atoms with van der Waals surface area (Å²) in [7, 11) is -4.34. The molecule has 0 spiro atoms. The van der Waals surface area contributed by atoms with Crippen molar-refractivity contribution >= 4 is 16.0 Å². The van der Waals surface area contributed by atoms with Crippen molar-refractivity contribution in [3.05, 3.63) is 12.2 Å². The van der Waals surface area contributed by atoms with E-state index in [0.717, 1.165) is 38.5 Å². The van der Waals surface area contributed by atoms with Gasteiger partial charge in [0.05, 0.1) is 17.9 Å². The first-order chi connectivity index (χ1) is 23.3. The number of aliphatic hydroxyl groups is 1. The number of allylic oxidation sites excluding steroid dienone is 1. The van der Waals surface area contributed by atoms with Crippen molar-refractivity contribution in [1.82, 2.24) is 5.32 Å². The Morgan fingerprint density at radius 2 is 0.854 bits per heavy atom. The maximum Gasteiger partial charge on any atom is 0.267 e. The average molecular weight is 700 g/mol. The second-order valence-corrected chi connectivity index (χ2v) is 16.1. The Labute approximate surface area is 299 Å². The van der Waals surface area contributed by atoms with Crippen LogP contribution in [0.15, 0.2) is 12.2 Å². The van der Waals surface area contributed by atoms with Crippen molar-refractivity contribution in [2.75, 3.05) is 5.75 Å². The lowest BCUT2D eigenvalue weighted by Gasteiger charge is -2.21. The predicted octanol–water partition coefficient (Wildman–Crippen LogP) is 12.2. The highest BCUT2D eigenvalue weighted by molar-refractivity contribution is 7.85. The SMILES string of the molecule is CCCCCCCCCCCCCC/C=C/C(O)C(CS(=O)(=O)O)NC(=O)CCCCCCCCCCCCCCCCCCCCC. The monoisotopic (exact) mass is 700 g/mol. The number of rotatable bonds is 38. The first-order valence-electron chi connectivity index (χ1n) is 20.9. The average Bonchev–Trinajstić information content (AvgIpc) is 3.05. The van der Waals surface area contributed by atoms with Gasteiger partial charge in [0.1, 0.15) is 0 Å². The standard InChI is InChI=1S/C41H81NO5S/c1-3-5-7-9-11-13-15-17-19-20-21-22-23-25-27-29-31-33-35-37-41(44)42-39(38-48(45,46)47)40(43)36-34-32-30-28-26-24-18-16-14-12-10-8-6-4-2/h34,36,39-40,43H,3-33,35,37-38H2,1-2H3,(H,42,44)(H,45,46,47)/b36-34+. The van der Waals surface area contributed by atoms with Gasteiger partial charge in [0.15, 0.2) is 0 Å². The molecule has 0 fully saturated rings. The summed E-state index contributed by atoms with van der Waals surface area (Å²) in [4.78, 5) is 12.5. The molecule has 0 aliphatic rings. The molecule has 0 bridgehead atoms. The van der Waals surface area contributed by atoms with E-state index in [2.05, 4.69) is 19.2 Å². The zero-order chi connectivity index (χ0) is 35.4. The summed E-state index contributed by atoms with van der Waals surface area (Å²) in [5.41, 5.74) is 0. The smallest absolute Gasteiger partial charge is 0.267 e. The minimum absolute atomic E-state index is 0.274. The Kier molecular flexibility index (Phi) is 35.2. The molecule has 2 atom stereocenters. The summed E-state index contributed by atoms with van der Waals surface area (Å²) in [6.07, 6.45) is 43.4. The van der Waals surface area contributed by atoms with Gasteiger partial charge in [-0.1, -0.05) is 212 Å². The summed E-state index contributed by atoms with van der Waals surface area (Å²) >= 11 is 0. The Balaban J connectivity index is 3.85. The van der Waals surface area contributed by atoms with Crippen molar-refractivity contribution in [3.8, 4) is 0 Å². The molecule has 0 aliphatic carbocycles. The number of hydrogen-bond donors (Lipinski definition) is 3. The van der Waals surface area contributed by atoms with E-state index < -0.39 is 28.0 Å². The fraction of sp³-hybridized carbons (Fsp3) is 0.927. The highest BCUT2D eigenvalue weighted by atomic mass is 32.2. The zero-order valence-electron chi connectivity index (χ0n) is 31.9. The molecule has 6 nitrogen and oxygen atoms in total. The van der Waals surface area contributed by atoms with E-state index in [0.29, 0.717) is 6.42 Å². The lowest BCUT2D eigenvalue weighted by atomic mass is 10.0. The molecule has 0 heterocycles. The number of carbonyl (C=O) groups is 1. The third-order valence-corrected chi connectivity index (χ3v) is 10.5. The van der Waals surface area contributed by atoms with Crippen molar-refractivity contribution < 1.29 is 22.9 Å². The molecule has 286 valence electrons. The fourth-order valence-electron chi connectivity index (χ4n) is 6.57. The molecule has 0 saturated heterocycles. The van der Waals surface area contributed by atoms with E-state index in [1.165, 1.54) is 167 Å². The minimum atomic E-state index is -4.34. The van der Waals surface area contributed by atoms with Crippen LogP contribution in [0.5, 0.6) is 0 Å². The lowest BCUT2D eigenvalue weighted by molar-refractivity contribution is -0.122. The Morgan fingerprint density at radius 1 is 0.542 bits per heavy atom. The number of amides is 1. The predicted molar refractivity (Wildman–Crippen MR) is 207 cm³/mol. The van der Waals surface area contributed by atoms with Crippen LogP contribution in [0.2, 0.25) is 0 Å². The van der Waals surface area contributed by atoms with Crippen LogP contribution >= 0.6 is 0 Å². The Hall–Kier alpha value is -0.920. The molecule has 1 amide bonds. The third kappa shape index (κ3) is 36.4. The van der Waals surface area contributed by atoms with E-state index in [1.54, 1.807) is 6.08 Å². The van der Waals surface area contributed by atoms with Crippen LogP contribution in [0.3, 0.4) is 0 Å². The Morgan fingerprint density at radius 3 is 1.19 bits per heavy atom. The quantitative estimate of drug-likeness (QED) is 0.0338. The zero-order valence-corrected chi connectivity index (χ0v) is 32.7. The van der Waals surface area contributed by atoms with E-state index in [-0.39, 0.29) is 5.91 Å². The largest absolute Gasteiger partial charge is 0.387 e. The van der Waals surface area contributed by atoms with E-state index in [4.69, 9.17) is 0 Å². The van der Waals surface area contributed by atoms with E-state index >= 15 is 0 Å².